The highest BCUT2D eigenvalue weighted by molar-refractivity contribution is 7.96. The molecule has 1 unspecified atom stereocenters. The Labute approximate surface area is 187 Å². The van der Waals surface area contributed by atoms with E-state index < -0.39 is 17.1 Å². The van der Waals surface area contributed by atoms with Crippen molar-refractivity contribution < 1.29 is 14.1 Å². The SMILES string of the molecule is CCCCCCCCCC=CC=CC=CC=CC=CC=C(C(=O)OCC)[S+]([O-])CC. The molecule has 0 saturated heterocycles. The van der Waals surface area contributed by atoms with Crippen LogP contribution in [-0.2, 0) is 20.7 Å². The summed E-state index contributed by atoms with van der Waals surface area (Å²) in [4.78, 5) is 12.0. The highest BCUT2D eigenvalue weighted by Crippen LogP contribution is 2.10. The van der Waals surface area contributed by atoms with Gasteiger partial charge in [0.15, 0.2) is 0 Å². The largest absolute Gasteiger partial charge is 0.611 e. The van der Waals surface area contributed by atoms with Gasteiger partial charge in [-0.2, -0.15) is 0 Å². The van der Waals surface area contributed by atoms with Gasteiger partial charge in [-0.15, -0.1) is 0 Å². The van der Waals surface area contributed by atoms with Crippen LogP contribution in [-0.4, -0.2) is 22.9 Å². The van der Waals surface area contributed by atoms with Crippen molar-refractivity contribution in [3.63, 3.8) is 0 Å². The van der Waals surface area contributed by atoms with Gasteiger partial charge >= 0.3 is 5.97 Å². The van der Waals surface area contributed by atoms with Crippen LogP contribution in [0.3, 0.4) is 0 Å². The molecular formula is C26H40O3S. The number of unbranched alkanes of at least 4 members (excludes halogenated alkanes) is 7. The Morgan fingerprint density at radius 1 is 0.767 bits per heavy atom. The average molecular weight is 433 g/mol. The van der Waals surface area contributed by atoms with Crippen LogP contribution in [0.1, 0.15) is 72.1 Å². The highest BCUT2D eigenvalue weighted by atomic mass is 32.2. The van der Waals surface area contributed by atoms with Crippen molar-refractivity contribution in [3.8, 4) is 0 Å². The summed E-state index contributed by atoms with van der Waals surface area (Å²) in [6.45, 7) is 6.03. The van der Waals surface area contributed by atoms with E-state index >= 15 is 0 Å². The van der Waals surface area contributed by atoms with E-state index in [4.69, 9.17) is 4.74 Å². The molecule has 0 aromatic heterocycles. The first kappa shape index (κ1) is 28.2. The van der Waals surface area contributed by atoms with E-state index in [0.29, 0.717) is 5.75 Å². The van der Waals surface area contributed by atoms with Crippen molar-refractivity contribution in [2.24, 2.45) is 0 Å². The topological polar surface area (TPSA) is 49.4 Å². The van der Waals surface area contributed by atoms with Gasteiger partial charge in [0.25, 0.3) is 0 Å². The third kappa shape index (κ3) is 17.1. The van der Waals surface area contributed by atoms with Crippen LogP contribution >= 0.6 is 0 Å². The fraction of sp³-hybridized carbons (Fsp3) is 0.500. The molecule has 0 saturated carbocycles. The Balaban J connectivity index is 4.09. The van der Waals surface area contributed by atoms with Gasteiger partial charge in [0.2, 0.25) is 4.91 Å². The van der Waals surface area contributed by atoms with Crippen molar-refractivity contribution >= 4 is 17.1 Å². The summed E-state index contributed by atoms with van der Waals surface area (Å²) in [6.07, 6.45) is 31.6. The van der Waals surface area contributed by atoms with E-state index in [1.54, 1.807) is 32.1 Å². The van der Waals surface area contributed by atoms with Crippen LogP contribution in [0.15, 0.2) is 71.7 Å². The lowest BCUT2D eigenvalue weighted by Crippen LogP contribution is -2.17. The maximum atomic E-state index is 11.9. The van der Waals surface area contributed by atoms with E-state index in [2.05, 4.69) is 19.1 Å². The van der Waals surface area contributed by atoms with E-state index in [9.17, 15) is 9.35 Å². The molecule has 0 aromatic rings. The Hall–Kier alpha value is -1.78. The molecular weight excluding hydrogens is 392 g/mol. The molecule has 1 atom stereocenters. The summed E-state index contributed by atoms with van der Waals surface area (Å²) in [6, 6.07) is 0. The van der Waals surface area contributed by atoms with Crippen molar-refractivity contribution in [1.82, 2.24) is 0 Å². The first-order valence-corrected chi connectivity index (χ1v) is 12.6. The van der Waals surface area contributed by atoms with Crippen LogP contribution in [0.5, 0.6) is 0 Å². The van der Waals surface area contributed by atoms with Gasteiger partial charge in [0.05, 0.1) is 6.61 Å². The molecule has 30 heavy (non-hydrogen) atoms. The van der Waals surface area contributed by atoms with Gasteiger partial charge < -0.3 is 9.29 Å². The van der Waals surface area contributed by atoms with E-state index in [1.807, 2.05) is 36.5 Å². The molecule has 168 valence electrons. The summed E-state index contributed by atoms with van der Waals surface area (Å²) in [5.74, 6) is -0.131. The van der Waals surface area contributed by atoms with E-state index in [-0.39, 0.29) is 11.5 Å². The molecule has 0 aliphatic rings. The number of carbonyl (C=O) groups is 1. The molecule has 0 aliphatic carbocycles. The Bertz CT molecular complexity index is 597. The van der Waals surface area contributed by atoms with Crippen LogP contribution in [0, 0.1) is 0 Å². The third-order valence-corrected chi connectivity index (χ3v) is 5.55. The van der Waals surface area contributed by atoms with E-state index in [0.717, 1.165) is 6.42 Å². The zero-order chi connectivity index (χ0) is 22.3. The van der Waals surface area contributed by atoms with Gasteiger partial charge in [-0.1, -0.05) is 106 Å². The molecule has 0 spiro atoms. The summed E-state index contributed by atoms with van der Waals surface area (Å²) >= 11 is -1.33. The normalized spacial score (nSPS) is 14.2. The monoisotopic (exact) mass is 432 g/mol. The Morgan fingerprint density at radius 2 is 1.30 bits per heavy atom. The molecule has 0 radical (unpaired) electrons. The van der Waals surface area contributed by atoms with Gasteiger partial charge in [-0.25, -0.2) is 4.79 Å². The number of hydrogen-bond acceptors (Lipinski definition) is 3. The van der Waals surface area contributed by atoms with Crippen LogP contribution in [0.25, 0.3) is 0 Å². The maximum Gasteiger partial charge on any atom is 0.386 e. The molecule has 0 aromatic carbocycles. The smallest absolute Gasteiger partial charge is 0.386 e. The second-order valence-corrected chi connectivity index (χ2v) is 8.47. The molecule has 0 amide bonds. The van der Waals surface area contributed by atoms with Crippen LogP contribution in [0.2, 0.25) is 0 Å². The Morgan fingerprint density at radius 3 is 1.87 bits per heavy atom. The lowest BCUT2D eigenvalue weighted by molar-refractivity contribution is -0.137. The van der Waals surface area contributed by atoms with E-state index in [1.165, 1.54) is 44.9 Å². The quantitative estimate of drug-likeness (QED) is 0.0808. The van der Waals surface area contributed by atoms with Crippen molar-refractivity contribution in [2.45, 2.75) is 72.1 Å². The molecule has 0 rings (SSSR count). The number of hydrogen-bond donors (Lipinski definition) is 0. The molecule has 0 N–H and O–H groups in total. The zero-order valence-corrected chi connectivity index (χ0v) is 19.9. The van der Waals surface area contributed by atoms with Gasteiger partial charge in [-0.05, 0) is 37.9 Å². The molecule has 3 nitrogen and oxygen atoms in total. The first-order valence-electron chi connectivity index (χ1n) is 11.3. The minimum atomic E-state index is -1.33. The summed E-state index contributed by atoms with van der Waals surface area (Å²) in [5.41, 5.74) is 0. The lowest BCUT2D eigenvalue weighted by Gasteiger charge is -2.09. The average Bonchev–Trinajstić information content (AvgIpc) is 2.75. The van der Waals surface area contributed by atoms with Crippen molar-refractivity contribution in [1.29, 1.82) is 0 Å². The summed E-state index contributed by atoms with van der Waals surface area (Å²) in [5, 5.41) is 0. The number of allylic oxidation sites excluding steroid dienone is 11. The maximum absolute atomic E-state index is 11.9. The molecule has 0 aliphatic heterocycles. The van der Waals surface area contributed by atoms with Gasteiger partial charge in [0.1, 0.15) is 5.75 Å². The molecule has 0 bridgehead atoms. The summed E-state index contributed by atoms with van der Waals surface area (Å²) in [7, 11) is 0. The van der Waals surface area contributed by atoms with Gasteiger partial charge in [0, 0.05) is 6.08 Å². The van der Waals surface area contributed by atoms with Crippen molar-refractivity contribution in [2.75, 3.05) is 12.4 Å². The lowest BCUT2D eigenvalue weighted by atomic mass is 10.1. The second kappa shape index (κ2) is 21.9. The predicted octanol–water partition coefficient (Wildman–Crippen LogP) is 7.12. The van der Waals surface area contributed by atoms with Crippen LogP contribution in [0.4, 0.5) is 0 Å². The zero-order valence-electron chi connectivity index (χ0n) is 19.1. The molecule has 0 fully saturated rings. The number of rotatable bonds is 17. The number of carbonyl (C=O) groups excluding carboxylic acids is 1. The second-order valence-electron chi connectivity index (χ2n) is 6.76. The predicted molar refractivity (Wildman–Crippen MR) is 132 cm³/mol. The number of ether oxygens (including phenoxy) is 1. The molecule has 0 heterocycles. The van der Waals surface area contributed by atoms with Crippen LogP contribution < -0.4 is 0 Å². The Kier molecular flexibility index (Phi) is 20.6. The fourth-order valence-electron chi connectivity index (χ4n) is 2.58. The van der Waals surface area contributed by atoms with Gasteiger partial charge in [-0.3, -0.25) is 0 Å². The highest BCUT2D eigenvalue weighted by Gasteiger charge is 2.21. The summed E-state index contributed by atoms with van der Waals surface area (Å²) < 4.78 is 16.8. The fourth-order valence-corrected chi connectivity index (χ4v) is 3.37. The minimum Gasteiger partial charge on any atom is -0.611 e. The van der Waals surface area contributed by atoms with Crippen molar-refractivity contribution in [3.05, 3.63) is 71.7 Å². The minimum absolute atomic E-state index is 0.200. The first-order chi connectivity index (χ1) is 14.7. The number of esters is 1. The molecule has 4 heteroatoms. The standard InChI is InChI=1S/C26H40O3S/c1-4-7-8-9-10-11-12-13-14-15-16-17-18-19-20-21-22-23-24-25(30(28)6-3)26(27)29-5-2/h14-24H,4-13H2,1-3H3. The third-order valence-electron chi connectivity index (χ3n) is 4.23.